The van der Waals surface area contributed by atoms with E-state index in [4.69, 9.17) is 0 Å². The molecule has 2 amide bonds. The normalized spacial score (nSPS) is 16.1. The maximum absolute atomic E-state index is 12.3. The van der Waals surface area contributed by atoms with Crippen molar-refractivity contribution in [1.82, 2.24) is 10.9 Å². The fourth-order valence-corrected chi connectivity index (χ4v) is 5.74. The third-order valence-corrected chi connectivity index (χ3v) is 8.25. The number of carbonyl (C=O) groups is 2. The molecule has 1 aliphatic carbocycles. The molecule has 1 heterocycles. The summed E-state index contributed by atoms with van der Waals surface area (Å²) in [4.78, 5) is 26.3. The van der Waals surface area contributed by atoms with Gasteiger partial charge in [-0.3, -0.25) is 20.4 Å². The van der Waals surface area contributed by atoms with Gasteiger partial charge in [-0.25, -0.2) is 8.42 Å². The van der Waals surface area contributed by atoms with Crippen LogP contribution >= 0.6 is 11.3 Å². The lowest BCUT2D eigenvalue weighted by molar-refractivity contribution is -0.121. The monoisotopic (exact) mass is 434 g/mol. The van der Waals surface area contributed by atoms with Gasteiger partial charge in [-0.05, 0) is 55.9 Å². The van der Waals surface area contributed by atoms with Crippen LogP contribution in [0.4, 0.5) is 0 Å². The van der Waals surface area contributed by atoms with Crippen LogP contribution in [-0.2, 0) is 27.5 Å². The SMILES string of the molecule is CCC1CCc2sc(C(=O)NNC(=O)CCS(=O)(=O)c3ccc(C)cc3)cc2C1. The first-order chi connectivity index (χ1) is 13.8. The van der Waals surface area contributed by atoms with Crippen molar-refractivity contribution in [3.05, 3.63) is 51.2 Å². The minimum atomic E-state index is -3.54. The van der Waals surface area contributed by atoms with Gasteiger partial charge in [0.15, 0.2) is 9.84 Å². The number of sulfone groups is 1. The Kier molecular flexibility index (Phi) is 6.74. The Hall–Kier alpha value is -2.19. The van der Waals surface area contributed by atoms with Crippen molar-refractivity contribution in [3.8, 4) is 0 Å². The quantitative estimate of drug-likeness (QED) is 0.683. The second-order valence-corrected chi connectivity index (χ2v) is 10.7. The molecule has 0 spiro atoms. The van der Waals surface area contributed by atoms with Gasteiger partial charge in [-0.15, -0.1) is 11.3 Å². The minimum Gasteiger partial charge on any atom is -0.273 e. The Morgan fingerprint density at radius 2 is 1.90 bits per heavy atom. The third-order valence-electron chi connectivity index (χ3n) is 5.28. The summed E-state index contributed by atoms with van der Waals surface area (Å²) >= 11 is 1.46. The highest BCUT2D eigenvalue weighted by atomic mass is 32.2. The second kappa shape index (κ2) is 9.09. The Morgan fingerprint density at radius 1 is 1.17 bits per heavy atom. The Labute approximate surface area is 175 Å². The van der Waals surface area contributed by atoms with Crippen molar-refractivity contribution in [1.29, 1.82) is 0 Å². The molecule has 29 heavy (non-hydrogen) atoms. The number of hydrogen-bond acceptors (Lipinski definition) is 5. The predicted octanol–water partition coefficient (Wildman–Crippen LogP) is 3.20. The van der Waals surface area contributed by atoms with Crippen molar-refractivity contribution in [2.24, 2.45) is 5.92 Å². The van der Waals surface area contributed by atoms with Gasteiger partial charge in [-0.1, -0.05) is 31.0 Å². The topological polar surface area (TPSA) is 92.3 Å². The van der Waals surface area contributed by atoms with E-state index in [1.807, 2.05) is 13.0 Å². The molecule has 1 aromatic carbocycles. The lowest BCUT2D eigenvalue weighted by atomic mass is 9.87. The number of hydrogen-bond donors (Lipinski definition) is 2. The zero-order valence-electron chi connectivity index (χ0n) is 16.7. The highest BCUT2D eigenvalue weighted by Gasteiger charge is 2.22. The molecule has 0 bridgehead atoms. The average molecular weight is 435 g/mol. The van der Waals surface area contributed by atoms with E-state index < -0.39 is 15.7 Å². The molecular weight excluding hydrogens is 408 g/mol. The lowest BCUT2D eigenvalue weighted by Gasteiger charge is -2.19. The summed E-state index contributed by atoms with van der Waals surface area (Å²) in [5, 5.41) is 0. The number of carbonyl (C=O) groups excluding carboxylic acids is 2. The summed E-state index contributed by atoms with van der Waals surface area (Å²) in [6, 6.07) is 8.41. The predicted molar refractivity (Wildman–Crippen MR) is 114 cm³/mol. The molecule has 1 atom stereocenters. The molecule has 8 heteroatoms. The summed E-state index contributed by atoms with van der Waals surface area (Å²) in [5.41, 5.74) is 6.91. The Balaban J connectivity index is 1.50. The van der Waals surface area contributed by atoms with E-state index in [0.717, 1.165) is 31.2 Å². The molecule has 2 N–H and O–H groups in total. The van der Waals surface area contributed by atoms with Gasteiger partial charge < -0.3 is 0 Å². The van der Waals surface area contributed by atoms with E-state index in [0.29, 0.717) is 10.8 Å². The molecule has 0 saturated heterocycles. The van der Waals surface area contributed by atoms with Gasteiger partial charge in [0.25, 0.3) is 5.91 Å². The van der Waals surface area contributed by atoms with Crippen molar-refractivity contribution >= 4 is 33.0 Å². The van der Waals surface area contributed by atoms with Crippen molar-refractivity contribution in [3.63, 3.8) is 0 Å². The molecule has 1 aliphatic rings. The van der Waals surface area contributed by atoms with E-state index in [9.17, 15) is 18.0 Å². The summed E-state index contributed by atoms with van der Waals surface area (Å²) in [6.07, 6.45) is 4.05. The van der Waals surface area contributed by atoms with Crippen LogP contribution in [0.25, 0.3) is 0 Å². The van der Waals surface area contributed by atoms with E-state index in [1.54, 1.807) is 12.1 Å². The standard InChI is InChI=1S/C21H26N2O4S2/c1-3-15-6-9-18-16(12-15)13-19(28-18)21(25)23-22-20(24)10-11-29(26,27)17-7-4-14(2)5-8-17/h4-5,7-8,13,15H,3,6,9-12H2,1-2H3,(H,22,24)(H,23,25). The smallest absolute Gasteiger partial charge is 0.273 e. The lowest BCUT2D eigenvalue weighted by Crippen LogP contribution is -2.41. The third kappa shape index (κ3) is 5.45. The van der Waals surface area contributed by atoms with Crippen molar-refractivity contribution in [2.45, 2.75) is 50.8 Å². The number of aryl methyl sites for hydroxylation is 2. The van der Waals surface area contributed by atoms with E-state index in [1.165, 1.54) is 33.9 Å². The molecule has 3 rings (SSSR count). The zero-order valence-corrected chi connectivity index (χ0v) is 18.3. The number of benzene rings is 1. The Morgan fingerprint density at radius 3 is 2.59 bits per heavy atom. The van der Waals surface area contributed by atoms with E-state index in [2.05, 4.69) is 17.8 Å². The van der Waals surface area contributed by atoms with Crippen LogP contribution in [0.1, 0.15) is 51.9 Å². The molecule has 0 aliphatic heterocycles. The van der Waals surface area contributed by atoms with Gasteiger partial charge in [0.05, 0.1) is 15.5 Å². The fourth-order valence-electron chi connectivity index (χ4n) is 3.40. The van der Waals surface area contributed by atoms with Crippen LogP contribution in [0, 0.1) is 12.8 Å². The largest absolute Gasteiger partial charge is 0.279 e. The maximum Gasteiger partial charge on any atom is 0.279 e. The molecule has 1 aromatic heterocycles. The van der Waals surface area contributed by atoms with E-state index in [-0.39, 0.29) is 23.0 Å². The van der Waals surface area contributed by atoms with Crippen molar-refractivity contribution < 1.29 is 18.0 Å². The first-order valence-corrected chi connectivity index (χ1v) is 12.3. The molecule has 0 radical (unpaired) electrons. The second-order valence-electron chi connectivity index (χ2n) is 7.46. The van der Waals surface area contributed by atoms with Gasteiger partial charge in [0, 0.05) is 11.3 Å². The molecule has 0 saturated carbocycles. The molecule has 0 fully saturated rings. The van der Waals surface area contributed by atoms with Gasteiger partial charge in [0.2, 0.25) is 5.91 Å². The first-order valence-electron chi connectivity index (χ1n) is 9.78. The summed E-state index contributed by atoms with van der Waals surface area (Å²) in [6.45, 7) is 4.06. The number of hydrazine groups is 1. The van der Waals surface area contributed by atoms with Crippen LogP contribution in [0.15, 0.2) is 35.2 Å². The maximum atomic E-state index is 12.3. The fraction of sp³-hybridized carbons (Fsp3) is 0.429. The highest BCUT2D eigenvalue weighted by Crippen LogP contribution is 2.33. The number of nitrogens with one attached hydrogen (secondary N) is 2. The van der Waals surface area contributed by atoms with Crippen LogP contribution in [0.3, 0.4) is 0 Å². The Bertz CT molecular complexity index is 994. The van der Waals surface area contributed by atoms with Gasteiger partial charge in [-0.2, -0.15) is 0 Å². The number of rotatable bonds is 6. The van der Waals surface area contributed by atoms with E-state index >= 15 is 0 Å². The molecule has 6 nitrogen and oxygen atoms in total. The van der Waals surface area contributed by atoms with Crippen LogP contribution < -0.4 is 10.9 Å². The zero-order chi connectivity index (χ0) is 21.0. The van der Waals surface area contributed by atoms with Crippen molar-refractivity contribution in [2.75, 3.05) is 5.75 Å². The highest BCUT2D eigenvalue weighted by molar-refractivity contribution is 7.91. The number of amides is 2. The first kappa shape index (κ1) is 21.5. The van der Waals surface area contributed by atoms with Crippen LogP contribution in [0.5, 0.6) is 0 Å². The number of thiophene rings is 1. The summed E-state index contributed by atoms with van der Waals surface area (Å²) in [7, 11) is -3.54. The molecular formula is C21H26N2O4S2. The average Bonchev–Trinajstić information content (AvgIpc) is 3.14. The summed E-state index contributed by atoms with van der Waals surface area (Å²) in [5.74, 6) is -0.555. The number of fused-ring (bicyclic) bond motifs is 1. The van der Waals surface area contributed by atoms with Gasteiger partial charge >= 0.3 is 0 Å². The van der Waals surface area contributed by atoms with Gasteiger partial charge in [0.1, 0.15) is 0 Å². The molecule has 156 valence electrons. The van der Waals surface area contributed by atoms with Crippen LogP contribution in [-0.4, -0.2) is 26.0 Å². The molecule has 2 aromatic rings. The minimum absolute atomic E-state index is 0.189. The van der Waals surface area contributed by atoms with Crippen LogP contribution in [0.2, 0.25) is 0 Å². The summed E-state index contributed by atoms with van der Waals surface area (Å²) < 4.78 is 24.6. The molecule has 1 unspecified atom stereocenters.